The Morgan fingerprint density at radius 2 is 2.10 bits per heavy atom. The summed E-state index contributed by atoms with van der Waals surface area (Å²) < 4.78 is 41.7. The van der Waals surface area contributed by atoms with E-state index in [1.807, 2.05) is 0 Å². The number of hydrazine groups is 1. The SMILES string of the molecule is O=C(Nc1cnc(N2N=CCN2)c(Cl)c1)c1cnn(-c2cccnc2)c1C(F)(F)F. The van der Waals surface area contributed by atoms with Gasteiger partial charge in [0.1, 0.15) is 0 Å². The Morgan fingerprint density at radius 3 is 2.73 bits per heavy atom. The number of hydrogen-bond acceptors (Lipinski definition) is 7. The molecule has 0 aromatic carbocycles. The van der Waals surface area contributed by atoms with E-state index in [2.05, 4.69) is 30.9 Å². The minimum Gasteiger partial charge on any atom is -0.320 e. The zero-order valence-corrected chi connectivity index (χ0v) is 15.7. The van der Waals surface area contributed by atoms with E-state index in [0.717, 1.165) is 6.20 Å². The first-order chi connectivity index (χ1) is 14.3. The van der Waals surface area contributed by atoms with Crippen molar-refractivity contribution < 1.29 is 18.0 Å². The molecular weight excluding hydrogens is 425 g/mol. The van der Waals surface area contributed by atoms with E-state index in [1.54, 1.807) is 6.21 Å². The average Bonchev–Trinajstić information content (AvgIpc) is 3.38. The molecule has 13 heteroatoms. The van der Waals surface area contributed by atoms with Crippen molar-refractivity contribution in [3.05, 3.63) is 59.3 Å². The van der Waals surface area contributed by atoms with Crippen LogP contribution in [0.3, 0.4) is 0 Å². The molecule has 4 heterocycles. The summed E-state index contributed by atoms with van der Waals surface area (Å²) >= 11 is 6.15. The molecule has 0 fully saturated rings. The predicted octanol–water partition coefficient (Wildman–Crippen LogP) is 2.90. The Kier molecular flexibility index (Phi) is 5.10. The zero-order valence-electron chi connectivity index (χ0n) is 14.9. The lowest BCUT2D eigenvalue weighted by Gasteiger charge is -2.15. The van der Waals surface area contributed by atoms with Crippen molar-refractivity contribution in [2.75, 3.05) is 17.0 Å². The number of hydrogen-bond donors (Lipinski definition) is 2. The number of carbonyl (C=O) groups is 1. The van der Waals surface area contributed by atoms with E-state index in [4.69, 9.17) is 11.6 Å². The van der Waals surface area contributed by atoms with Gasteiger partial charge in [-0.2, -0.15) is 28.5 Å². The molecule has 0 spiro atoms. The Bertz CT molecular complexity index is 1120. The number of anilines is 2. The maximum absolute atomic E-state index is 13.7. The molecule has 0 aliphatic carbocycles. The van der Waals surface area contributed by atoms with Crippen LogP contribution in [0.25, 0.3) is 5.69 Å². The first-order valence-electron chi connectivity index (χ1n) is 8.43. The standard InChI is InChI=1S/C17H12ClF3N8O/c18-13-6-10(7-23-15(13)29-24-4-5-25-29)27-16(30)12-9-26-28(14(12)17(19,20)21)11-2-1-3-22-8-11/h1-4,6-9,25H,5H2,(H,27,30). The molecule has 3 aromatic heterocycles. The van der Waals surface area contributed by atoms with E-state index in [0.29, 0.717) is 11.2 Å². The van der Waals surface area contributed by atoms with Crippen LogP contribution in [-0.4, -0.2) is 38.4 Å². The van der Waals surface area contributed by atoms with Gasteiger partial charge in [0.2, 0.25) is 0 Å². The summed E-state index contributed by atoms with van der Waals surface area (Å²) in [6.45, 7) is 0.498. The van der Waals surface area contributed by atoms with Gasteiger partial charge in [-0.1, -0.05) is 11.6 Å². The summed E-state index contributed by atoms with van der Waals surface area (Å²) in [7, 11) is 0. The normalized spacial score (nSPS) is 13.7. The molecule has 0 saturated heterocycles. The summed E-state index contributed by atoms with van der Waals surface area (Å²) in [5.74, 6) is -0.732. The molecule has 3 aromatic rings. The fraction of sp³-hybridized carbons (Fsp3) is 0.118. The van der Waals surface area contributed by atoms with Gasteiger partial charge in [0.15, 0.2) is 11.5 Å². The topological polar surface area (TPSA) is 100 Å². The lowest BCUT2D eigenvalue weighted by molar-refractivity contribution is -0.143. The smallest absolute Gasteiger partial charge is 0.320 e. The number of halogens is 4. The number of pyridine rings is 2. The van der Waals surface area contributed by atoms with Crippen LogP contribution in [0, 0.1) is 0 Å². The van der Waals surface area contributed by atoms with Gasteiger partial charge in [0, 0.05) is 12.4 Å². The van der Waals surface area contributed by atoms with Crippen LogP contribution in [0.5, 0.6) is 0 Å². The molecule has 0 unspecified atom stereocenters. The van der Waals surface area contributed by atoms with Crippen LogP contribution < -0.4 is 15.9 Å². The molecule has 0 atom stereocenters. The molecule has 0 saturated carbocycles. The van der Waals surface area contributed by atoms with E-state index < -0.39 is 23.3 Å². The molecule has 1 aliphatic rings. The van der Waals surface area contributed by atoms with Crippen LogP contribution in [0.15, 0.2) is 48.1 Å². The van der Waals surface area contributed by atoms with Crippen LogP contribution in [0.4, 0.5) is 24.7 Å². The monoisotopic (exact) mass is 436 g/mol. The zero-order chi connectivity index (χ0) is 21.3. The number of nitrogens with zero attached hydrogens (tertiary/aromatic N) is 6. The highest BCUT2D eigenvalue weighted by molar-refractivity contribution is 6.33. The van der Waals surface area contributed by atoms with Gasteiger partial charge in [-0.3, -0.25) is 9.78 Å². The third-order valence-corrected chi connectivity index (χ3v) is 4.26. The molecule has 0 radical (unpaired) electrons. The largest absolute Gasteiger partial charge is 0.434 e. The molecule has 1 aliphatic heterocycles. The molecule has 4 rings (SSSR count). The Balaban J connectivity index is 1.63. The van der Waals surface area contributed by atoms with Gasteiger partial charge in [-0.05, 0) is 18.2 Å². The van der Waals surface area contributed by atoms with E-state index >= 15 is 0 Å². The van der Waals surface area contributed by atoms with Crippen LogP contribution in [0.2, 0.25) is 5.02 Å². The minimum atomic E-state index is -4.84. The first kappa shape index (κ1) is 19.8. The average molecular weight is 437 g/mol. The van der Waals surface area contributed by atoms with Gasteiger partial charge < -0.3 is 5.32 Å². The summed E-state index contributed by atoms with van der Waals surface area (Å²) in [5, 5.41) is 11.6. The Hall–Kier alpha value is -3.51. The number of rotatable bonds is 4. The van der Waals surface area contributed by atoms with E-state index in [1.165, 1.54) is 41.9 Å². The lowest BCUT2D eigenvalue weighted by Crippen LogP contribution is -2.29. The number of amides is 1. The summed E-state index contributed by atoms with van der Waals surface area (Å²) in [4.78, 5) is 20.5. The number of carbonyl (C=O) groups excluding carboxylic acids is 1. The highest BCUT2D eigenvalue weighted by atomic mass is 35.5. The highest BCUT2D eigenvalue weighted by Crippen LogP contribution is 2.34. The summed E-state index contributed by atoms with van der Waals surface area (Å²) in [5.41, 5.74) is 1.18. The molecule has 1 amide bonds. The first-order valence-corrected chi connectivity index (χ1v) is 8.81. The van der Waals surface area contributed by atoms with Crippen molar-refractivity contribution in [2.45, 2.75) is 6.18 Å². The molecule has 2 N–H and O–H groups in total. The van der Waals surface area contributed by atoms with Gasteiger partial charge >= 0.3 is 6.18 Å². The van der Waals surface area contributed by atoms with Gasteiger partial charge in [0.25, 0.3) is 5.91 Å². The van der Waals surface area contributed by atoms with Gasteiger partial charge in [0.05, 0.1) is 47.1 Å². The summed E-state index contributed by atoms with van der Waals surface area (Å²) in [6.07, 6.45) is 1.49. The van der Waals surface area contributed by atoms with E-state index in [9.17, 15) is 18.0 Å². The van der Waals surface area contributed by atoms with Gasteiger partial charge in [-0.25, -0.2) is 15.1 Å². The van der Waals surface area contributed by atoms with Crippen LogP contribution >= 0.6 is 11.6 Å². The predicted molar refractivity (Wildman–Crippen MR) is 103 cm³/mol. The van der Waals surface area contributed by atoms with Crippen molar-refractivity contribution in [1.82, 2.24) is 25.2 Å². The molecule has 9 nitrogen and oxygen atoms in total. The second-order valence-corrected chi connectivity index (χ2v) is 6.39. The number of alkyl halides is 3. The van der Waals surface area contributed by atoms with Crippen molar-refractivity contribution in [1.29, 1.82) is 0 Å². The highest BCUT2D eigenvalue weighted by Gasteiger charge is 2.40. The van der Waals surface area contributed by atoms with Crippen molar-refractivity contribution >= 4 is 35.2 Å². The van der Waals surface area contributed by atoms with Crippen LogP contribution in [-0.2, 0) is 6.18 Å². The van der Waals surface area contributed by atoms with Crippen LogP contribution in [0.1, 0.15) is 16.1 Å². The van der Waals surface area contributed by atoms with Crippen molar-refractivity contribution in [3.63, 3.8) is 0 Å². The third kappa shape index (κ3) is 3.82. The number of hydrazone groups is 1. The Labute approximate surface area is 172 Å². The molecule has 30 heavy (non-hydrogen) atoms. The number of aromatic nitrogens is 4. The second kappa shape index (κ2) is 7.72. The van der Waals surface area contributed by atoms with Crippen molar-refractivity contribution in [3.8, 4) is 5.69 Å². The Morgan fingerprint density at radius 1 is 1.27 bits per heavy atom. The third-order valence-electron chi connectivity index (χ3n) is 3.98. The maximum Gasteiger partial charge on any atom is 0.434 e. The number of nitrogens with one attached hydrogen (secondary N) is 2. The van der Waals surface area contributed by atoms with Crippen molar-refractivity contribution in [2.24, 2.45) is 5.10 Å². The fourth-order valence-electron chi connectivity index (χ4n) is 2.74. The van der Waals surface area contributed by atoms with Gasteiger partial charge in [-0.15, -0.1) is 0 Å². The fourth-order valence-corrected chi connectivity index (χ4v) is 2.98. The molecule has 0 bridgehead atoms. The maximum atomic E-state index is 13.7. The lowest BCUT2D eigenvalue weighted by atomic mass is 10.2. The van der Waals surface area contributed by atoms with E-state index in [-0.39, 0.29) is 22.2 Å². The quantitative estimate of drug-likeness (QED) is 0.652. The summed E-state index contributed by atoms with van der Waals surface area (Å²) in [6, 6.07) is 4.22. The molecule has 154 valence electrons. The second-order valence-electron chi connectivity index (χ2n) is 5.98. The molecular formula is C17H12ClF3N8O. The minimum absolute atomic E-state index is 0.0663.